The highest BCUT2D eigenvalue weighted by Gasteiger charge is 2.14. The SMILES string of the molecule is CN(C)CC(=O)Nc1ccc(NC(=O)CCC2CCNCC2)cc1.Cl.Cl. The Balaban J connectivity index is 0.00000312. The average molecular weight is 405 g/mol. The van der Waals surface area contributed by atoms with Gasteiger partial charge in [0.25, 0.3) is 0 Å². The van der Waals surface area contributed by atoms with Crippen molar-refractivity contribution in [3.63, 3.8) is 0 Å². The Labute approximate surface area is 168 Å². The van der Waals surface area contributed by atoms with Crippen molar-refractivity contribution in [2.45, 2.75) is 25.7 Å². The van der Waals surface area contributed by atoms with Crippen molar-refractivity contribution >= 4 is 48.0 Å². The van der Waals surface area contributed by atoms with Crippen LogP contribution in [0.4, 0.5) is 11.4 Å². The van der Waals surface area contributed by atoms with Crippen LogP contribution >= 0.6 is 24.8 Å². The molecule has 2 amide bonds. The van der Waals surface area contributed by atoms with Crippen molar-refractivity contribution in [3.8, 4) is 0 Å². The lowest BCUT2D eigenvalue weighted by Gasteiger charge is -2.22. The minimum Gasteiger partial charge on any atom is -0.326 e. The van der Waals surface area contributed by atoms with Crippen LogP contribution in [0, 0.1) is 5.92 Å². The van der Waals surface area contributed by atoms with E-state index >= 15 is 0 Å². The molecule has 1 fully saturated rings. The zero-order valence-corrected chi connectivity index (χ0v) is 17.0. The van der Waals surface area contributed by atoms with Gasteiger partial charge in [0.2, 0.25) is 11.8 Å². The number of carbonyl (C=O) groups excluding carboxylic acids is 2. The van der Waals surface area contributed by atoms with Crippen LogP contribution in [0.25, 0.3) is 0 Å². The molecule has 1 heterocycles. The Morgan fingerprint density at radius 3 is 2.00 bits per heavy atom. The fourth-order valence-corrected chi connectivity index (χ4v) is 2.85. The van der Waals surface area contributed by atoms with Crippen LogP contribution in [0.5, 0.6) is 0 Å². The van der Waals surface area contributed by atoms with Crippen molar-refractivity contribution in [2.24, 2.45) is 5.92 Å². The second-order valence-corrected chi connectivity index (χ2v) is 6.64. The first-order chi connectivity index (χ1) is 11.5. The molecule has 26 heavy (non-hydrogen) atoms. The van der Waals surface area contributed by atoms with Crippen LogP contribution < -0.4 is 16.0 Å². The maximum absolute atomic E-state index is 12.0. The molecule has 1 aliphatic rings. The molecule has 0 aromatic heterocycles. The first kappa shape index (κ1) is 24.7. The highest BCUT2D eigenvalue weighted by atomic mass is 35.5. The van der Waals surface area contributed by atoms with E-state index < -0.39 is 0 Å². The van der Waals surface area contributed by atoms with Gasteiger partial charge in [-0.25, -0.2) is 0 Å². The van der Waals surface area contributed by atoms with Gasteiger partial charge >= 0.3 is 0 Å². The third-order valence-electron chi connectivity index (χ3n) is 4.15. The van der Waals surface area contributed by atoms with Crippen LogP contribution in [0.3, 0.4) is 0 Å². The Morgan fingerprint density at radius 2 is 1.50 bits per heavy atom. The number of rotatable bonds is 7. The van der Waals surface area contributed by atoms with Crippen molar-refractivity contribution in [3.05, 3.63) is 24.3 Å². The Kier molecular flexibility index (Phi) is 12.3. The predicted octanol–water partition coefficient (Wildman–Crippen LogP) is 2.75. The third-order valence-corrected chi connectivity index (χ3v) is 4.15. The lowest BCUT2D eigenvalue weighted by Crippen LogP contribution is -2.28. The fourth-order valence-electron chi connectivity index (χ4n) is 2.85. The predicted molar refractivity (Wildman–Crippen MR) is 112 cm³/mol. The Morgan fingerprint density at radius 1 is 1.00 bits per heavy atom. The zero-order chi connectivity index (χ0) is 17.4. The molecule has 3 N–H and O–H groups in total. The van der Waals surface area contributed by atoms with Crippen LogP contribution in [0.15, 0.2) is 24.3 Å². The van der Waals surface area contributed by atoms with Gasteiger partial charge in [0.1, 0.15) is 0 Å². The summed E-state index contributed by atoms with van der Waals surface area (Å²) in [7, 11) is 3.70. The number of nitrogens with one attached hydrogen (secondary N) is 3. The third kappa shape index (κ3) is 9.38. The van der Waals surface area contributed by atoms with Gasteiger partial charge in [-0.3, -0.25) is 9.59 Å². The molecule has 0 radical (unpaired) electrons. The number of hydrogen-bond acceptors (Lipinski definition) is 4. The second kappa shape index (κ2) is 12.9. The molecule has 0 spiro atoms. The van der Waals surface area contributed by atoms with Gasteiger partial charge in [0.05, 0.1) is 6.54 Å². The number of halogens is 2. The second-order valence-electron chi connectivity index (χ2n) is 6.64. The Hall–Kier alpha value is -1.34. The molecular formula is C18H30Cl2N4O2. The molecule has 0 unspecified atom stereocenters. The summed E-state index contributed by atoms with van der Waals surface area (Å²) >= 11 is 0. The topological polar surface area (TPSA) is 73.5 Å². The lowest BCUT2D eigenvalue weighted by molar-refractivity contribution is -0.117. The highest BCUT2D eigenvalue weighted by molar-refractivity contribution is 5.93. The van der Waals surface area contributed by atoms with Gasteiger partial charge in [-0.2, -0.15) is 0 Å². The average Bonchev–Trinajstić information content (AvgIpc) is 2.55. The molecular weight excluding hydrogens is 375 g/mol. The van der Waals surface area contributed by atoms with Crippen molar-refractivity contribution < 1.29 is 9.59 Å². The summed E-state index contributed by atoms with van der Waals surface area (Å²) in [5.74, 6) is 0.656. The van der Waals surface area contributed by atoms with Crippen molar-refractivity contribution in [2.75, 3.05) is 44.4 Å². The highest BCUT2D eigenvalue weighted by Crippen LogP contribution is 2.19. The number of carbonyl (C=O) groups is 2. The number of likely N-dealkylation sites (N-methyl/N-ethyl adjacent to an activating group) is 1. The first-order valence-corrected chi connectivity index (χ1v) is 8.58. The molecule has 8 heteroatoms. The summed E-state index contributed by atoms with van der Waals surface area (Å²) in [4.78, 5) is 25.5. The molecule has 148 valence electrons. The van der Waals surface area contributed by atoms with Gasteiger partial charge in [-0.1, -0.05) is 0 Å². The lowest BCUT2D eigenvalue weighted by atomic mass is 9.93. The number of piperidine rings is 1. The van der Waals surface area contributed by atoms with E-state index in [-0.39, 0.29) is 36.6 Å². The minimum atomic E-state index is -0.0567. The summed E-state index contributed by atoms with van der Waals surface area (Å²) in [6, 6.07) is 7.23. The number of hydrogen-bond donors (Lipinski definition) is 3. The summed E-state index contributed by atoms with van der Waals surface area (Å²) in [5, 5.41) is 9.08. The Bertz CT molecular complexity index is 547. The van der Waals surface area contributed by atoms with E-state index in [4.69, 9.17) is 0 Å². The molecule has 1 aromatic rings. The standard InChI is InChI=1S/C18H28N4O2.2ClH/c1-22(2)13-18(24)21-16-6-4-15(5-7-16)20-17(23)8-3-14-9-11-19-12-10-14;;/h4-7,14,19H,3,8-13H2,1-2H3,(H,20,23)(H,21,24);2*1H. The number of anilines is 2. The summed E-state index contributed by atoms with van der Waals surface area (Å²) in [6.07, 6.45) is 3.83. The maximum atomic E-state index is 12.0. The van der Waals surface area contributed by atoms with E-state index in [9.17, 15) is 9.59 Å². The van der Waals surface area contributed by atoms with Crippen molar-refractivity contribution in [1.29, 1.82) is 0 Å². The van der Waals surface area contributed by atoms with Gasteiger partial charge in [0, 0.05) is 17.8 Å². The number of nitrogens with zero attached hydrogens (tertiary/aromatic N) is 1. The summed E-state index contributed by atoms with van der Waals surface area (Å²) < 4.78 is 0. The molecule has 1 aliphatic heterocycles. The monoisotopic (exact) mass is 404 g/mol. The molecule has 6 nitrogen and oxygen atoms in total. The van der Waals surface area contributed by atoms with Crippen LogP contribution in [0.1, 0.15) is 25.7 Å². The van der Waals surface area contributed by atoms with Crippen LogP contribution in [-0.4, -0.2) is 50.4 Å². The molecule has 0 saturated carbocycles. The fraction of sp³-hybridized carbons (Fsp3) is 0.556. The summed E-state index contributed by atoms with van der Waals surface area (Å²) in [6.45, 7) is 2.47. The number of amides is 2. The first-order valence-electron chi connectivity index (χ1n) is 8.58. The normalized spacial score (nSPS) is 14.1. The van der Waals surface area contributed by atoms with E-state index in [1.165, 1.54) is 0 Å². The summed E-state index contributed by atoms with van der Waals surface area (Å²) in [5.41, 5.74) is 1.49. The smallest absolute Gasteiger partial charge is 0.238 e. The van der Waals surface area contributed by atoms with Gasteiger partial charge in [-0.05, 0) is 76.6 Å². The number of benzene rings is 1. The largest absolute Gasteiger partial charge is 0.326 e. The van der Waals surface area contributed by atoms with E-state index in [2.05, 4.69) is 16.0 Å². The van der Waals surface area contributed by atoms with Gasteiger partial charge in [0.15, 0.2) is 0 Å². The molecule has 0 bridgehead atoms. The molecule has 0 aliphatic carbocycles. The van der Waals surface area contributed by atoms with E-state index in [1.807, 2.05) is 31.1 Å². The quantitative estimate of drug-likeness (QED) is 0.652. The van der Waals surface area contributed by atoms with Gasteiger partial charge < -0.3 is 20.9 Å². The van der Waals surface area contributed by atoms with Gasteiger partial charge in [-0.15, -0.1) is 24.8 Å². The maximum Gasteiger partial charge on any atom is 0.238 e. The van der Waals surface area contributed by atoms with E-state index in [1.54, 1.807) is 12.1 Å². The van der Waals surface area contributed by atoms with Crippen molar-refractivity contribution in [1.82, 2.24) is 10.2 Å². The van der Waals surface area contributed by atoms with Crippen LogP contribution in [0.2, 0.25) is 0 Å². The van der Waals surface area contributed by atoms with E-state index in [0.29, 0.717) is 18.9 Å². The molecule has 0 atom stereocenters. The molecule has 1 aromatic carbocycles. The minimum absolute atomic E-state index is 0. The zero-order valence-electron chi connectivity index (χ0n) is 15.4. The molecule has 2 rings (SSSR count). The van der Waals surface area contributed by atoms with E-state index in [0.717, 1.165) is 43.7 Å². The molecule has 1 saturated heterocycles. The van der Waals surface area contributed by atoms with Crippen LogP contribution in [-0.2, 0) is 9.59 Å².